The average molecular weight is 741 g/mol. The molecule has 9 aromatic carbocycles. The first kappa shape index (κ1) is 32.6. The van der Waals surface area contributed by atoms with Gasteiger partial charge in [-0.05, 0) is 106 Å². The summed E-state index contributed by atoms with van der Waals surface area (Å²) in [5.41, 5.74) is 15.9. The second-order valence-electron chi connectivity index (χ2n) is 15.3. The second-order valence-corrected chi connectivity index (χ2v) is 15.3. The van der Waals surface area contributed by atoms with Crippen molar-refractivity contribution < 1.29 is 4.74 Å². The molecule has 2 aliphatic rings. The summed E-state index contributed by atoms with van der Waals surface area (Å²) < 4.78 is 9.03. The maximum absolute atomic E-state index is 6.66. The van der Waals surface area contributed by atoms with Crippen molar-refractivity contribution >= 4 is 38.9 Å². The Labute approximate surface area is 337 Å². The molecule has 0 N–H and O–H groups in total. The summed E-state index contributed by atoms with van der Waals surface area (Å²) in [6.07, 6.45) is 0. The molecule has 2 heterocycles. The van der Waals surface area contributed by atoms with E-state index in [1.807, 2.05) is 0 Å². The smallest absolute Gasteiger partial charge is 0.132 e. The molecule has 272 valence electrons. The molecule has 0 radical (unpaired) electrons. The van der Waals surface area contributed by atoms with Gasteiger partial charge in [-0.25, -0.2) is 0 Å². The fourth-order valence-corrected chi connectivity index (χ4v) is 9.82. The maximum atomic E-state index is 6.66. The van der Waals surface area contributed by atoms with Crippen LogP contribution >= 0.6 is 0 Å². The summed E-state index contributed by atoms with van der Waals surface area (Å²) >= 11 is 0. The van der Waals surface area contributed by atoms with Gasteiger partial charge in [-0.2, -0.15) is 0 Å². The van der Waals surface area contributed by atoms with Crippen LogP contribution in [0.15, 0.2) is 218 Å². The van der Waals surface area contributed by atoms with Crippen LogP contribution in [0, 0.1) is 0 Å². The highest BCUT2D eigenvalue weighted by Gasteiger charge is 2.51. The third kappa shape index (κ3) is 4.68. The van der Waals surface area contributed by atoms with E-state index in [0.29, 0.717) is 0 Å². The minimum absolute atomic E-state index is 0.566. The van der Waals surface area contributed by atoms with Gasteiger partial charge in [0.15, 0.2) is 0 Å². The zero-order valence-corrected chi connectivity index (χ0v) is 31.6. The van der Waals surface area contributed by atoms with E-state index in [9.17, 15) is 0 Å². The van der Waals surface area contributed by atoms with Crippen LogP contribution in [0.25, 0.3) is 49.7 Å². The quantitative estimate of drug-likeness (QED) is 0.175. The minimum Gasteiger partial charge on any atom is -0.457 e. The van der Waals surface area contributed by atoms with Crippen LogP contribution in [0.5, 0.6) is 11.5 Å². The van der Waals surface area contributed by atoms with E-state index >= 15 is 0 Å². The first-order valence-corrected chi connectivity index (χ1v) is 19.9. The Morgan fingerprint density at radius 1 is 0.362 bits per heavy atom. The number of nitrogens with zero attached hydrogens (tertiary/aromatic N) is 2. The van der Waals surface area contributed by atoms with Crippen LogP contribution < -0.4 is 9.64 Å². The van der Waals surface area contributed by atoms with Crippen LogP contribution in [-0.2, 0) is 5.41 Å². The first-order valence-electron chi connectivity index (χ1n) is 19.9. The Bertz CT molecular complexity index is 3150. The van der Waals surface area contributed by atoms with Crippen molar-refractivity contribution in [2.24, 2.45) is 0 Å². The van der Waals surface area contributed by atoms with Crippen LogP contribution in [-0.4, -0.2) is 4.57 Å². The van der Waals surface area contributed by atoms with E-state index in [1.165, 1.54) is 55.2 Å². The summed E-state index contributed by atoms with van der Waals surface area (Å²) in [7, 11) is 0. The summed E-state index contributed by atoms with van der Waals surface area (Å²) in [5, 5.41) is 2.43. The van der Waals surface area contributed by atoms with Crippen molar-refractivity contribution in [2.75, 3.05) is 4.90 Å². The van der Waals surface area contributed by atoms with Gasteiger partial charge in [0.1, 0.15) is 11.5 Å². The third-order valence-electron chi connectivity index (χ3n) is 12.3. The van der Waals surface area contributed by atoms with E-state index in [1.54, 1.807) is 0 Å². The molecule has 3 nitrogen and oxygen atoms in total. The molecule has 0 bridgehead atoms. The topological polar surface area (TPSA) is 17.4 Å². The molecule has 1 aliphatic heterocycles. The maximum Gasteiger partial charge on any atom is 0.132 e. The van der Waals surface area contributed by atoms with E-state index in [0.717, 1.165) is 45.4 Å². The zero-order chi connectivity index (χ0) is 38.2. The van der Waals surface area contributed by atoms with Gasteiger partial charge in [0.05, 0.1) is 16.4 Å². The molecule has 0 saturated carbocycles. The second kappa shape index (κ2) is 12.7. The highest BCUT2D eigenvalue weighted by Crippen LogP contribution is 2.62. The normalized spacial score (nSPS) is 13.1. The lowest BCUT2D eigenvalue weighted by atomic mass is 9.66. The molecule has 10 aromatic rings. The summed E-state index contributed by atoms with van der Waals surface area (Å²) in [6, 6.07) is 79.1. The van der Waals surface area contributed by atoms with Gasteiger partial charge in [-0.3, -0.25) is 0 Å². The van der Waals surface area contributed by atoms with Gasteiger partial charge in [0.2, 0.25) is 0 Å². The number of ether oxygens (including phenoxy) is 1. The summed E-state index contributed by atoms with van der Waals surface area (Å²) in [4.78, 5) is 2.43. The predicted molar refractivity (Wildman–Crippen MR) is 238 cm³/mol. The van der Waals surface area contributed by atoms with Crippen molar-refractivity contribution in [1.82, 2.24) is 4.57 Å². The number of hydrogen-bond acceptors (Lipinski definition) is 2. The molecule has 0 atom stereocenters. The molecule has 58 heavy (non-hydrogen) atoms. The SMILES string of the molecule is c1ccc(-c2ccc(N(c3ccc4c(c3)C3(c5ccccc5Oc5ccccc53)c3ccccc3-4)c3ccc4c(c3)c3ccccc3n4-c3ccccc3)cc2)cc1. The average Bonchev–Trinajstić information content (AvgIpc) is 3.78. The molecule has 0 unspecified atom stereocenters. The Hall–Kier alpha value is -7.62. The molecule has 12 rings (SSSR count). The van der Waals surface area contributed by atoms with Crippen LogP contribution in [0.2, 0.25) is 0 Å². The third-order valence-corrected chi connectivity index (χ3v) is 12.3. The number of hydrogen-bond donors (Lipinski definition) is 0. The fraction of sp³-hybridized carbons (Fsp3) is 0.0182. The van der Waals surface area contributed by atoms with Crippen molar-refractivity contribution in [3.05, 3.63) is 241 Å². The number of benzene rings is 9. The number of para-hydroxylation sites is 4. The lowest BCUT2D eigenvalue weighted by Gasteiger charge is -2.39. The molecule has 1 aliphatic carbocycles. The molecule has 0 fully saturated rings. The first-order chi connectivity index (χ1) is 28.8. The Kier molecular flexibility index (Phi) is 7.14. The Balaban J connectivity index is 1.12. The van der Waals surface area contributed by atoms with E-state index in [4.69, 9.17) is 4.74 Å². The van der Waals surface area contributed by atoms with Gasteiger partial charge in [0.25, 0.3) is 0 Å². The van der Waals surface area contributed by atoms with Crippen molar-refractivity contribution in [1.29, 1.82) is 0 Å². The largest absolute Gasteiger partial charge is 0.457 e. The monoisotopic (exact) mass is 740 g/mol. The van der Waals surface area contributed by atoms with Gasteiger partial charge < -0.3 is 14.2 Å². The molecule has 0 saturated heterocycles. The molecule has 3 heteroatoms. The van der Waals surface area contributed by atoms with Gasteiger partial charge in [0, 0.05) is 44.6 Å². The summed E-state index contributed by atoms with van der Waals surface area (Å²) in [5.74, 6) is 1.78. The van der Waals surface area contributed by atoms with E-state index in [-0.39, 0.29) is 0 Å². The highest BCUT2D eigenvalue weighted by atomic mass is 16.5. The lowest BCUT2D eigenvalue weighted by Crippen LogP contribution is -2.32. The number of anilines is 3. The predicted octanol–water partition coefficient (Wildman–Crippen LogP) is 14.4. The molecule has 1 spiro atoms. The van der Waals surface area contributed by atoms with Crippen molar-refractivity contribution in [2.45, 2.75) is 5.41 Å². The summed E-state index contributed by atoms with van der Waals surface area (Å²) in [6.45, 7) is 0. The highest BCUT2D eigenvalue weighted by molar-refractivity contribution is 6.10. The molecule has 1 aromatic heterocycles. The van der Waals surface area contributed by atoms with Crippen molar-refractivity contribution in [3.63, 3.8) is 0 Å². The van der Waals surface area contributed by atoms with Gasteiger partial charge in [-0.15, -0.1) is 0 Å². The molecule has 0 amide bonds. The van der Waals surface area contributed by atoms with E-state index < -0.39 is 5.41 Å². The molecular formula is C55H36N2O. The standard InChI is InChI=1S/C55H36N2O/c1-3-15-37(16-4-1)38-27-29-40(30-28-38)56(41-32-34-52-46(35-41)45-20-8-12-24-51(45)57(52)39-17-5-2-6-18-39)42-31-33-44-43-19-7-9-21-47(43)55(50(44)36-42)48-22-10-13-25-53(48)58-54-26-14-11-23-49(54)55/h1-36H. The lowest BCUT2D eigenvalue weighted by molar-refractivity contribution is 0.436. The van der Waals surface area contributed by atoms with Crippen LogP contribution in [0.4, 0.5) is 17.1 Å². The molecular weight excluding hydrogens is 705 g/mol. The Morgan fingerprint density at radius 2 is 0.897 bits per heavy atom. The van der Waals surface area contributed by atoms with E-state index in [2.05, 4.69) is 228 Å². The fourth-order valence-electron chi connectivity index (χ4n) is 9.82. The van der Waals surface area contributed by atoms with Crippen LogP contribution in [0.3, 0.4) is 0 Å². The minimum atomic E-state index is -0.566. The Morgan fingerprint density at radius 3 is 1.66 bits per heavy atom. The number of rotatable bonds is 5. The van der Waals surface area contributed by atoms with Crippen LogP contribution in [0.1, 0.15) is 22.3 Å². The number of aromatic nitrogens is 1. The zero-order valence-electron chi connectivity index (χ0n) is 31.6. The van der Waals surface area contributed by atoms with Gasteiger partial charge in [-0.1, -0.05) is 146 Å². The van der Waals surface area contributed by atoms with Gasteiger partial charge >= 0.3 is 0 Å². The van der Waals surface area contributed by atoms with Crippen molar-refractivity contribution in [3.8, 4) is 39.4 Å². The number of fused-ring (bicyclic) bond motifs is 12.